The maximum Gasteiger partial charge on any atom is 0.247 e. The molecule has 0 amide bonds. The SMILES string of the molecule is CCN(Cc1ccccc1)c1nncc(Nc2cc(C)c(Cl)cc2OC)n1. The number of ether oxygens (including phenoxy) is 1. The summed E-state index contributed by atoms with van der Waals surface area (Å²) in [5, 5.41) is 12.2. The van der Waals surface area contributed by atoms with Crippen LogP contribution in [0.25, 0.3) is 0 Å². The quantitative estimate of drug-likeness (QED) is 0.642. The molecule has 27 heavy (non-hydrogen) atoms. The number of hydrogen-bond acceptors (Lipinski definition) is 6. The summed E-state index contributed by atoms with van der Waals surface area (Å²) in [6.07, 6.45) is 1.59. The van der Waals surface area contributed by atoms with Crippen LogP contribution >= 0.6 is 11.6 Å². The van der Waals surface area contributed by atoms with Gasteiger partial charge in [-0.15, -0.1) is 5.10 Å². The first-order chi connectivity index (χ1) is 13.1. The molecule has 1 N–H and O–H groups in total. The van der Waals surface area contributed by atoms with E-state index in [-0.39, 0.29) is 0 Å². The Labute approximate surface area is 164 Å². The van der Waals surface area contributed by atoms with E-state index in [0.29, 0.717) is 29.1 Å². The number of aryl methyl sites for hydroxylation is 1. The number of hydrogen-bond donors (Lipinski definition) is 1. The molecule has 0 bridgehead atoms. The molecule has 1 aromatic heterocycles. The van der Waals surface area contributed by atoms with Crippen LogP contribution in [0.2, 0.25) is 5.02 Å². The van der Waals surface area contributed by atoms with Crippen LogP contribution < -0.4 is 15.0 Å². The van der Waals surface area contributed by atoms with Gasteiger partial charge < -0.3 is 15.0 Å². The van der Waals surface area contributed by atoms with Gasteiger partial charge in [-0.25, -0.2) is 0 Å². The normalized spacial score (nSPS) is 10.5. The second-order valence-electron chi connectivity index (χ2n) is 6.07. The Morgan fingerprint density at radius 2 is 1.96 bits per heavy atom. The van der Waals surface area contributed by atoms with Crippen molar-refractivity contribution in [2.24, 2.45) is 0 Å². The number of anilines is 3. The van der Waals surface area contributed by atoms with Crippen LogP contribution in [-0.4, -0.2) is 28.8 Å². The Hall–Kier alpha value is -2.86. The number of methoxy groups -OCH3 is 1. The molecule has 2 aromatic carbocycles. The largest absolute Gasteiger partial charge is 0.495 e. The summed E-state index contributed by atoms with van der Waals surface area (Å²) in [7, 11) is 1.61. The van der Waals surface area contributed by atoms with Crippen LogP contribution in [0.5, 0.6) is 5.75 Å². The van der Waals surface area contributed by atoms with Gasteiger partial charge in [0.15, 0.2) is 5.82 Å². The van der Waals surface area contributed by atoms with Gasteiger partial charge in [-0.2, -0.15) is 10.1 Å². The summed E-state index contributed by atoms with van der Waals surface area (Å²) < 4.78 is 5.41. The molecule has 0 spiro atoms. The van der Waals surface area contributed by atoms with Crippen molar-refractivity contribution >= 4 is 29.1 Å². The van der Waals surface area contributed by atoms with Gasteiger partial charge in [0.1, 0.15) is 5.75 Å². The lowest BCUT2D eigenvalue weighted by Gasteiger charge is -2.21. The fraction of sp³-hybridized carbons (Fsp3) is 0.250. The van der Waals surface area contributed by atoms with Crippen LogP contribution in [0.1, 0.15) is 18.1 Å². The van der Waals surface area contributed by atoms with Crippen molar-refractivity contribution in [2.75, 3.05) is 23.9 Å². The average Bonchev–Trinajstić information content (AvgIpc) is 2.69. The lowest BCUT2D eigenvalue weighted by atomic mass is 10.2. The smallest absolute Gasteiger partial charge is 0.247 e. The summed E-state index contributed by atoms with van der Waals surface area (Å²) in [5.41, 5.74) is 2.91. The molecule has 3 aromatic rings. The molecule has 0 saturated carbocycles. The van der Waals surface area contributed by atoms with Gasteiger partial charge >= 0.3 is 0 Å². The first-order valence-electron chi connectivity index (χ1n) is 8.70. The zero-order chi connectivity index (χ0) is 19.2. The average molecular weight is 384 g/mol. The molecular weight excluding hydrogens is 362 g/mol. The van der Waals surface area contributed by atoms with Crippen molar-refractivity contribution in [2.45, 2.75) is 20.4 Å². The molecule has 7 heteroatoms. The van der Waals surface area contributed by atoms with Crippen LogP contribution in [-0.2, 0) is 6.54 Å². The standard InChI is InChI=1S/C20H22ClN5O/c1-4-26(13-15-8-6-5-7-9-15)20-24-19(12-22-25-20)23-17-10-14(2)16(21)11-18(17)27-3/h5-12H,4,13H2,1-3H3,(H,23,24,25). The molecule has 0 aliphatic carbocycles. The van der Waals surface area contributed by atoms with Crippen molar-refractivity contribution in [1.29, 1.82) is 0 Å². The Bertz CT molecular complexity index is 904. The third kappa shape index (κ3) is 4.65. The molecule has 3 rings (SSSR count). The lowest BCUT2D eigenvalue weighted by Crippen LogP contribution is -2.24. The lowest BCUT2D eigenvalue weighted by molar-refractivity contribution is 0.416. The van der Waals surface area contributed by atoms with Crippen molar-refractivity contribution < 1.29 is 4.74 Å². The van der Waals surface area contributed by atoms with Crippen LogP contribution in [0.15, 0.2) is 48.7 Å². The molecular formula is C20H22ClN5O. The highest BCUT2D eigenvalue weighted by molar-refractivity contribution is 6.31. The predicted molar refractivity (Wildman–Crippen MR) is 109 cm³/mol. The minimum atomic E-state index is 0.566. The number of aromatic nitrogens is 3. The van der Waals surface area contributed by atoms with E-state index in [1.807, 2.05) is 31.2 Å². The predicted octanol–water partition coefficient (Wildman–Crippen LogP) is 4.61. The van der Waals surface area contributed by atoms with E-state index in [1.165, 1.54) is 5.56 Å². The number of benzene rings is 2. The molecule has 0 fully saturated rings. The third-order valence-electron chi connectivity index (χ3n) is 4.17. The van der Waals surface area contributed by atoms with Crippen LogP contribution in [0.4, 0.5) is 17.5 Å². The maximum atomic E-state index is 6.18. The minimum absolute atomic E-state index is 0.566. The summed E-state index contributed by atoms with van der Waals surface area (Å²) in [4.78, 5) is 6.68. The van der Waals surface area contributed by atoms with Gasteiger partial charge in [0.2, 0.25) is 5.95 Å². The second-order valence-corrected chi connectivity index (χ2v) is 6.48. The van der Waals surface area contributed by atoms with Gasteiger partial charge in [-0.3, -0.25) is 0 Å². The number of nitrogens with one attached hydrogen (secondary N) is 1. The van der Waals surface area contributed by atoms with E-state index in [4.69, 9.17) is 16.3 Å². The van der Waals surface area contributed by atoms with Gasteiger partial charge in [0.25, 0.3) is 0 Å². The second kappa shape index (κ2) is 8.68. The maximum absolute atomic E-state index is 6.18. The van der Waals surface area contributed by atoms with Crippen molar-refractivity contribution in [3.63, 3.8) is 0 Å². The molecule has 0 aliphatic heterocycles. The fourth-order valence-electron chi connectivity index (χ4n) is 2.68. The Morgan fingerprint density at radius 1 is 1.19 bits per heavy atom. The molecule has 0 atom stereocenters. The summed E-state index contributed by atoms with van der Waals surface area (Å²) >= 11 is 6.18. The zero-order valence-corrected chi connectivity index (χ0v) is 16.4. The molecule has 0 radical (unpaired) electrons. The van der Waals surface area contributed by atoms with Crippen LogP contribution in [0, 0.1) is 6.92 Å². The molecule has 0 unspecified atom stereocenters. The van der Waals surface area contributed by atoms with E-state index in [0.717, 1.165) is 17.8 Å². The third-order valence-corrected chi connectivity index (χ3v) is 4.58. The highest BCUT2D eigenvalue weighted by Gasteiger charge is 2.12. The monoisotopic (exact) mass is 383 g/mol. The molecule has 0 saturated heterocycles. The highest BCUT2D eigenvalue weighted by atomic mass is 35.5. The van der Waals surface area contributed by atoms with Crippen molar-refractivity contribution in [3.05, 3.63) is 64.8 Å². The summed E-state index contributed by atoms with van der Waals surface area (Å²) in [5.74, 6) is 1.80. The van der Waals surface area contributed by atoms with E-state index in [1.54, 1.807) is 19.4 Å². The Kier molecular flexibility index (Phi) is 6.08. The van der Waals surface area contributed by atoms with Crippen LogP contribution in [0.3, 0.4) is 0 Å². The number of rotatable bonds is 7. The first-order valence-corrected chi connectivity index (χ1v) is 9.08. The molecule has 0 aliphatic rings. The number of nitrogens with zero attached hydrogens (tertiary/aromatic N) is 4. The Morgan fingerprint density at radius 3 is 2.67 bits per heavy atom. The van der Waals surface area contributed by atoms with E-state index >= 15 is 0 Å². The summed E-state index contributed by atoms with van der Waals surface area (Å²) in [6, 6.07) is 13.9. The van der Waals surface area contributed by atoms with Gasteiger partial charge in [-0.1, -0.05) is 41.9 Å². The van der Waals surface area contributed by atoms with Crippen molar-refractivity contribution in [3.8, 4) is 5.75 Å². The topological polar surface area (TPSA) is 63.2 Å². The van der Waals surface area contributed by atoms with E-state index in [9.17, 15) is 0 Å². The van der Waals surface area contributed by atoms with E-state index < -0.39 is 0 Å². The Balaban J connectivity index is 1.84. The highest BCUT2D eigenvalue weighted by Crippen LogP contribution is 2.32. The molecule has 140 valence electrons. The van der Waals surface area contributed by atoms with Crippen molar-refractivity contribution in [1.82, 2.24) is 15.2 Å². The fourth-order valence-corrected chi connectivity index (χ4v) is 2.84. The molecule has 6 nitrogen and oxygen atoms in total. The summed E-state index contributed by atoms with van der Waals surface area (Å²) in [6.45, 7) is 5.49. The zero-order valence-electron chi connectivity index (χ0n) is 15.6. The number of halogens is 1. The van der Waals surface area contributed by atoms with Gasteiger partial charge in [0, 0.05) is 24.2 Å². The van der Waals surface area contributed by atoms with E-state index in [2.05, 4.69) is 44.5 Å². The van der Waals surface area contributed by atoms with Gasteiger partial charge in [0.05, 0.1) is 19.0 Å². The molecule has 1 heterocycles. The first kappa shape index (κ1) is 18.9. The van der Waals surface area contributed by atoms with Gasteiger partial charge in [-0.05, 0) is 31.0 Å². The minimum Gasteiger partial charge on any atom is -0.495 e.